The van der Waals surface area contributed by atoms with Crippen molar-refractivity contribution in [1.29, 1.82) is 5.26 Å². The van der Waals surface area contributed by atoms with Gasteiger partial charge in [-0.2, -0.15) is 5.26 Å². The van der Waals surface area contributed by atoms with Crippen LogP contribution in [0.4, 0.5) is 0 Å². The van der Waals surface area contributed by atoms with E-state index >= 15 is 0 Å². The summed E-state index contributed by atoms with van der Waals surface area (Å²) in [5, 5.41) is 9.77. The molecule has 0 atom stereocenters. The van der Waals surface area contributed by atoms with E-state index in [4.69, 9.17) is 21.6 Å². The highest BCUT2D eigenvalue weighted by Crippen LogP contribution is 2.23. The van der Waals surface area contributed by atoms with E-state index in [0.717, 1.165) is 37.4 Å². The molecule has 1 fully saturated rings. The van der Waals surface area contributed by atoms with Gasteiger partial charge in [0.2, 0.25) is 0 Å². The highest BCUT2D eigenvalue weighted by molar-refractivity contribution is 6.30. The second-order valence-electron chi connectivity index (χ2n) is 5.02. The Hall–Kier alpha value is -1.92. The number of piperidine rings is 1. The number of halogens is 1. The van der Waals surface area contributed by atoms with Crippen LogP contribution in [0.3, 0.4) is 0 Å². The molecule has 21 heavy (non-hydrogen) atoms. The Balaban J connectivity index is 1.87. The van der Waals surface area contributed by atoms with Crippen molar-refractivity contribution in [2.45, 2.75) is 25.9 Å². The molecule has 1 aliphatic heterocycles. The lowest BCUT2D eigenvalue weighted by Crippen LogP contribution is -2.37. The number of hydrogen-bond donors (Lipinski definition) is 0. The molecule has 1 aliphatic rings. The fourth-order valence-electron chi connectivity index (χ4n) is 2.42. The average Bonchev–Trinajstić information content (AvgIpc) is 2.51. The van der Waals surface area contributed by atoms with E-state index < -0.39 is 0 Å². The monoisotopic (exact) mass is 302 g/mol. The van der Waals surface area contributed by atoms with Crippen molar-refractivity contribution in [2.75, 3.05) is 13.1 Å². The van der Waals surface area contributed by atoms with Gasteiger partial charge in [-0.25, -0.2) is 0 Å². The van der Waals surface area contributed by atoms with Gasteiger partial charge in [0.1, 0.15) is 17.9 Å². The first-order valence-corrected chi connectivity index (χ1v) is 7.44. The van der Waals surface area contributed by atoms with E-state index in [9.17, 15) is 0 Å². The molecule has 4 heteroatoms. The maximum absolute atomic E-state index is 9.06. The Kier molecular flexibility index (Phi) is 5.30. The molecular weight excluding hydrogens is 284 g/mol. The normalized spacial score (nSPS) is 16.4. The van der Waals surface area contributed by atoms with Gasteiger partial charge in [0.05, 0.1) is 5.57 Å². The first kappa shape index (κ1) is 15.5. The van der Waals surface area contributed by atoms with Crippen LogP contribution in [0.15, 0.2) is 48.2 Å². The summed E-state index contributed by atoms with van der Waals surface area (Å²) in [6.07, 6.45) is 3.85. The van der Waals surface area contributed by atoms with Crippen molar-refractivity contribution in [3.63, 3.8) is 0 Å². The second-order valence-corrected chi connectivity index (χ2v) is 5.46. The fourth-order valence-corrected chi connectivity index (χ4v) is 2.54. The third-order valence-corrected chi connectivity index (χ3v) is 3.91. The van der Waals surface area contributed by atoms with Crippen molar-refractivity contribution in [1.82, 2.24) is 4.90 Å². The van der Waals surface area contributed by atoms with E-state index in [1.807, 2.05) is 31.2 Å². The molecule has 0 amide bonds. The third-order valence-electron chi connectivity index (χ3n) is 3.66. The number of hydrogen-bond acceptors (Lipinski definition) is 3. The van der Waals surface area contributed by atoms with Gasteiger partial charge >= 0.3 is 0 Å². The molecule has 1 aromatic carbocycles. The maximum Gasteiger partial charge on any atom is 0.119 e. The molecule has 110 valence electrons. The summed E-state index contributed by atoms with van der Waals surface area (Å²) in [4.78, 5) is 2.15. The van der Waals surface area contributed by atoms with Gasteiger partial charge in [0, 0.05) is 36.7 Å². The predicted octanol–water partition coefficient (Wildman–Crippen LogP) is 4.17. The van der Waals surface area contributed by atoms with Gasteiger partial charge < -0.3 is 9.64 Å². The highest BCUT2D eigenvalue weighted by atomic mass is 35.5. The number of rotatable bonds is 4. The Labute approximate surface area is 131 Å². The SMILES string of the molecule is C=C(/C(C#N)=C/C)N1CCC(Oc2ccc(Cl)cc2)CC1. The van der Waals surface area contributed by atoms with E-state index in [1.165, 1.54) is 0 Å². The number of allylic oxidation sites excluding steroid dienone is 2. The maximum atomic E-state index is 9.06. The minimum absolute atomic E-state index is 0.200. The fraction of sp³-hybridized carbons (Fsp3) is 0.353. The van der Waals surface area contributed by atoms with Crippen LogP contribution in [0.5, 0.6) is 5.75 Å². The number of ether oxygens (including phenoxy) is 1. The van der Waals surface area contributed by atoms with Gasteiger partial charge in [-0.1, -0.05) is 24.3 Å². The predicted molar refractivity (Wildman–Crippen MR) is 85.2 cm³/mol. The smallest absolute Gasteiger partial charge is 0.119 e. The van der Waals surface area contributed by atoms with Gasteiger partial charge in [0.15, 0.2) is 0 Å². The molecule has 0 spiro atoms. The molecule has 2 rings (SSSR count). The largest absolute Gasteiger partial charge is 0.490 e. The number of nitriles is 1. The summed E-state index contributed by atoms with van der Waals surface area (Å²) < 4.78 is 5.96. The van der Waals surface area contributed by atoms with Crippen LogP contribution in [0.25, 0.3) is 0 Å². The van der Waals surface area contributed by atoms with E-state index in [-0.39, 0.29) is 6.10 Å². The summed E-state index contributed by atoms with van der Waals surface area (Å²) in [7, 11) is 0. The first-order chi connectivity index (χ1) is 10.1. The molecule has 0 radical (unpaired) electrons. The molecule has 1 heterocycles. The van der Waals surface area contributed by atoms with E-state index in [0.29, 0.717) is 10.6 Å². The average molecular weight is 303 g/mol. The first-order valence-electron chi connectivity index (χ1n) is 7.07. The number of likely N-dealkylation sites (tertiary alicyclic amines) is 1. The van der Waals surface area contributed by atoms with Gasteiger partial charge in [0.25, 0.3) is 0 Å². The van der Waals surface area contributed by atoms with Crippen LogP contribution in [-0.4, -0.2) is 24.1 Å². The standard InChI is InChI=1S/C17H19ClN2O/c1-3-14(12-19)13(2)20-10-8-17(9-11-20)21-16-6-4-15(18)5-7-16/h3-7,17H,2,8-11H2,1H3/b14-3+. The van der Waals surface area contributed by atoms with E-state index in [1.54, 1.807) is 6.08 Å². The number of nitrogens with zero attached hydrogens (tertiary/aromatic N) is 2. The summed E-state index contributed by atoms with van der Waals surface area (Å²) >= 11 is 5.86. The van der Waals surface area contributed by atoms with Crippen molar-refractivity contribution in [3.05, 3.63) is 53.2 Å². The molecule has 0 N–H and O–H groups in total. The van der Waals surface area contributed by atoms with Crippen LogP contribution in [-0.2, 0) is 0 Å². The third kappa shape index (κ3) is 4.03. The van der Waals surface area contributed by atoms with Crippen molar-refractivity contribution in [3.8, 4) is 11.8 Å². The van der Waals surface area contributed by atoms with Gasteiger partial charge in [-0.15, -0.1) is 0 Å². The Morgan fingerprint density at radius 1 is 1.38 bits per heavy atom. The van der Waals surface area contributed by atoms with Crippen molar-refractivity contribution < 1.29 is 4.74 Å². The highest BCUT2D eigenvalue weighted by Gasteiger charge is 2.22. The topological polar surface area (TPSA) is 36.3 Å². The molecule has 3 nitrogen and oxygen atoms in total. The second kappa shape index (κ2) is 7.19. The lowest BCUT2D eigenvalue weighted by Gasteiger charge is -2.34. The zero-order chi connectivity index (χ0) is 15.2. The lowest BCUT2D eigenvalue weighted by atomic mass is 10.1. The van der Waals surface area contributed by atoms with Crippen LogP contribution >= 0.6 is 11.6 Å². The van der Waals surface area contributed by atoms with Crippen LogP contribution in [0.1, 0.15) is 19.8 Å². The minimum atomic E-state index is 0.200. The molecule has 1 aromatic rings. The zero-order valence-electron chi connectivity index (χ0n) is 12.2. The molecule has 0 aromatic heterocycles. The van der Waals surface area contributed by atoms with Gasteiger partial charge in [-0.3, -0.25) is 0 Å². The van der Waals surface area contributed by atoms with Crippen molar-refractivity contribution in [2.24, 2.45) is 0 Å². The quantitative estimate of drug-likeness (QED) is 0.619. The summed E-state index contributed by atoms with van der Waals surface area (Å²) in [5.74, 6) is 0.850. The van der Waals surface area contributed by atoms with Crippen LogP contribution < -0.4 is 4.74 Å². The van der Waals surface area contributed by atoms with E-state index in [2.05, 4.69) is 17.5 Å². The van der Waals surface area contributed by atoms with Gasteiger partial charge in [-0.05, 0) is 31.2 Å². The van der Waals surface area contributed by atoms with Crippen LogP contribution in [0, 0.1) is 11.3 Å². The molecule has 0 saturated carbocycles. The molecule has 0 aliphatic carbocycles. The number of benzene rings is 1. The Bertz CT molecular complexity index is 563. The van der Waals surface area contributed by atoms with Crippen molar-refractivity contribution >= 4 is 11.6 Å². The minimum Gasteiger partial charge on any atom is -0.490 e. The molecule has 0 unspecified atom stereocenters. The van der Waals surface area contributed by atoms with Crippen LogP contribution in [0.2, 0.25) is 5.02 Å². The Morgan fingerprint density at radius 2 is 2.00 bits per heavy atom. The Morgan fingerprint density at radius 3 is 2.52 bits per heavy atom. The summed E-state index contributed by atoms with van der Waals surface area (Å²) in [5.41, 5.74) is 1.46. The summed E-state index contributed by atoms with van der Waals surface area (Å²) in [6, 6.07) is 9.63. The summed E-state index contributed by atoms with van der Waals surface area (Å²) in [6.45, 7) is 7.59. The lowest BCUT2D eigenvalue weighted by molar-refractivity contribution is 0.119. The molecular formula is C17H19ClN2O. The zero-order valence-corrected chi connectivity index (χ0v) is 12.9. The molecule has 0 bridgehead atoms. The molecule has 1 saturated heterocycles.